The highest BCUT2D eigenvalue weighted by atomic mass is 32.2. The van der Waals surface area contributed by atoms with Crippen molar-refractivity contribution < 1.29 is 13.2 Å². The van der Waals surface area contributed by atoms with Crippen LogP contribution in [0.25, 0.3) is 10.2 Å². The van der Waals surface area contributed by atoms with E-state index >= 15 is 0 Å². The molecule has 1 aliphatic heterocycles. The normalized spacial score (nSPS) is 14.7. The first-order valence-corrected chi connectivity index (χ1v) is 15.4. The average Bonchev–Trinajstić information content (AvgIpc) is 3.36. The maximum atomic E-state index is 11.4. The number of hydrogen-bond donors (Lipinski definition) is 2. The monoisotopic (exact) mass is 562 g/mol. The SMILES string of the molecule is Cc1cc(C#N)cc(C)c1Oc1nc(NC2CCN(Cc3ccc(NS(C)(=O)=O)cc3)CC2)nc2sccc12. The highest BCUT2D eigenvalue weighted by Crippen LogP contribution is 2.35. The number of hydrogen-bond acceptors (Lipinski definition) is 9. The number of sulfonamides is 1. The van der Waals surface area contributed by atoms with Crippen molar-refractivity contribution in [3.63, 3.8) is 0 Å². The maximum absolute atomic E-state index is 11.4. The fourth-order valence-corrected chi connectivity index (χ4v) is 6.13. The second-order valence-corrected chi connectivity index (χ2v) is 12.6. The summed E-state index contributed by atoms with van der Waals surface area (Å²) in [5.74, 6) is 1.77. The number of fused-ring (bicyclic) bond motifs is 1. The molecule has 2 aromatic carbocycles. The molecule has 2 N–H and O–H groups in total. The average molecular weight is 563 g/mol. The van der Waals surface area contributed by atoms with E-state index in [1.165, 1.54) is 0 Å². The number of rotatable bonds is 8. The van der Waals surface area contributed by atoms with Crippen LogP contribution in [0, 0.1) is 25.2 Å². The van der Waals surface area contributed by atoms with E-state index in [0.29, 0.717) is 28.8 Å². The number of anilines is 2. The van der Waals surface area contributed by atoms with Crippen molar-refractivity contribution in [1.82, 2.24) is 14.9 Å². The summed E-state index contributed by atoms with van der Waals surface area (Å²) < 4.78 is 31.6. The predicted octanol–water partition coefficient (Wildman–Crippen LogP) is 5.42. The van der Waals surface area contributed by atoms with Crippen LogP contribution in [0.2, 0.25) is 0 Å². The van der Waals surface area contributed by atoms with E-state index in [9.17, 15) is 13.7 Å². The zero-order valence-electron chi connectivity index (χ0n) is 22.1. The van der Waals surface area contributed by atoms with Crippen molar-refractivity contribution >= 4 is 43.2 Å². The molecule has 0 saturated carbocycles. The molecular formula is C28H30N6O3S2. The van der Waals surface area contributed by atoms with Crippen molar-refractivity contribution in [2.75, 3.05) is 29.4 Å². The molecule has 39 heavy (non-hydrogen) atoms. The number of aryl methyl sites for hydroxylation is 2. The molecule has 1 fully saturated rings. The molecule has 0 spiro atoms. The molecule has 5 rings (SSSR count). The number of nitrogens with one attached hydrogen (secondary N) is 2. The summed E-state index contributed by atoms with van der Waals surface area (Å²) in [6.45, 7) is 6.53. The minimum absolute atomic E-state index is 0.242. The lowest BCUT2D eigenvalue weighted by atomic mass is 10.0. The second-order valence-electron chi connectivity index (χ2n) is 9.91. The van der Waals surface area contributed by atoms with Crippen LogP contribution in [0.1, 0.15) is 35.1 Å². The first kappa shape index (κ1) is 26.9. The molecular weight excluding hydrogens is 532 g/mol. The standard InChI is InChI=1S/C28H30N6O3S2/c1-18-14-21(16-29)15-19(2)25(18)37-26-24-10-13-38-27(24)32-28(31-26)30-22-8-11-34(12-9-22)17-20-4-6-23(7-5-20)33-39(3,35)36/h4-7,10,13-15,22,33H,8-9,11-12,17H2,1-3H3,(H,30,31,32). The van der Waals surface area contributed by atoms with Gasteiger partial charge >= 0.3 is 0 Å². The van der Waals surface area contributed by atoms with Crippen molar-refractivity contribution in [3.05, 3.63) is 70.1 Å². The van der Waals surface area contributed by atoms with Gasteiger partial charge in [0.05, 0.1) is 23.3 Å². The predicted molar refractivity (Wildman–Crippen MR) is 155 cm³/mol. The third kappa shape index (κ3) is 6.65. The Morgan fingerprint density at radius 3 is 2.44 bits per heavy atom. The molecule has 202 valence electrons. The summed E-state index contributed by atoms with van der Waals surface area (Å²) in [5, 5.41) is 15.6. The van der Waals surface area contributed by atoms with Gasteiger partial charge in [0.1, 0.15) is 10.6 Å². The van der Waals surface area contributed by atoms with Gasteiger partial charge in [-0.05, 0) is 79.1 Å². The number of piperidine rings is 1. The van der Waals surface area contributed by atoms with E-state index in [1.54, 1.807) is 23.5 Å². The highest BCUT2D eigenvalue weighted by molar-refractivity contribution is 7.92. The summed E-state index contributed by atoms with van der Waals surface area (Å²) in [7, 11) is -3.28. The Hall–Kier alpha value is -3.72. The Kier molecular flexibility index (Phi) is 7.70. The second kappa shape index (κ2) is 11.2. The van der Waals surface area contributed by atoms with E-state index < -0.39 is 10.0 Å². The Balaban J connectivity index is 1.23. The van der Waals surface area contributed by atoms with Crippen LogP contribution in [0.3, 0.4) is 0 Å². The molecule has 1 saturated heterocycles. The van der Waals surface area contributed by atoms with Gasteiger partial charge in [0.25, 0.3) is 0 Å². The van der Waals surface area contributed by atoms with Crippen LogP contribution in [-0.2, 0) is 16.6 Å². The van der Waals surface area contributed by atoms with E-state index in [0.717, 1.165) is 65.6 Å². The Labute approximate surface area is 232 Å². The van der Waals surface area contributed by atoms with Crippen LogP contribution in [0.4, 0.5) is 11.6 Å². The molecule has 1 aliphatic rings. The summed E-state index contributed by atoms with van der Waals surface area (Å²) in [4.78, 5) is 12.7. The van der Waals surface area contributed by atoms with Gasteiger partial charge in [0, 0.05) is 31.4 Å². The minimum Gasteiger partial charge on any atom is -0.438 e. The first-order valence-electron chi connectivity index (χ1n) is 12.7. The van der Waals surface area contributed by atoms with Crippen molar-refractivity contribution in [2.45, 2.75) is 39.3 Å². The lowest BCUT2D eigenvalue weighted by Crippen LogP contribution is -2.39. The number of likely N-dealkylation sites (tertiary alicyclic amines) is 1. The number of nitrogens with zero attached hydrogens (tertiary/aromatic N) is 4. The lowest BCUT2D eigenvalue weighted by Gasteiger charge is -2.32. The van der Waals surface area contributed by atoms with E-state index in [2.05, 4.69) is 21.0 Å². The smallest absolute Gasteiger partial charge is 0.232 e. The molecule has 0 unspecified atom stereocenters. The Bertz CT molecular complexity index is 1610. The maximum Gasteiger partial charge on any atom is 0.232 e. The number of benzene rings is 2. The lowest BCUT2D eigenvalue weighted by molar-refractivity contribution is 0.211. The highest BCUT2D eigenvalue weighted by Gasteiger charge is 2.21. The van der Waals surface area contributed by atoms with E-state index in [-0.39, 0.29) is 6.04 Å². The molecule has 11 heteroatoms. The molecule has 0 radical (unpaired) electrons. The minimum atomic E-state index is -3.28. The summed E-state index contributed by atoms with van der Waals surface area (Å²) >= 11 is 1.55. The number of aromatic nitrogens is 2. The van der Waals surface area contributed by atoms with Crippen LogP contribution in [-0.4, -0.2) is 48.7 Å². The van der Waals surface area contributed by atoms with Crippen molar-refractivity contribution in [1.29, 1.82) is 5.26 Å². The molecule has 0 amide bonds. The first-order chi connectivity index (χ1) is 18.7. The van der Waals surface area contributed by atoms with Gasteiger partial charge in [-0.3, -0.25) is 9.62 Å². The van der Waals surface area contributed by atoms with Gasteiger partial charge in [0.2, 0.25) is 21.9 Å². The zero-order valence-corrected chi connectivity index (χ0v) is 23.7. The number of thiophene rings is 1. The van der Waals surface area contributed by atoms with Gasteiger partial charge in [-0.2, -0.15) is 10.2 Å². The fraction of sp³-hybridized carbons (Fsp3) is 0.321. The third-order valence-electron chi connectivity index (χ3n) is 6.66. The Morgan fingerprint density at radius 2 is 1.79 bits per heavy atom. The molecule has 0 aliphatic carbocycles. The van der Waals surface area contributed by atoms with Gasteiger partial charge in [-0.25, -0.2) is 13.4 Å². The largest absolute Gasteiger partial charge is 0.438 e. The molecule has 0 atom stereocenters. The molecule has 3 heterocycles. The summed E-state index contributed by atoms with van der Waals surface area (Å²) in [6, 6.07) is 15.6. The quantitative estimate of drug-likeness (QED) is 0.292. The molecule has 9 nitrogen and oxygen atoms in total. The van der Waals surface area contributed by atoms with Crippen LogP contribution in [0.15, 0.2) is 47.8 Å². The van der Waals surface area contributed by atoms with Crippen molar-refractivity contribution in [2.24, 2.45) is 0 Å². The van der Waals surface area contributed by atoms with E-state index in [1.807, 2.05) is 49.6 Å². The van der Waals surface area contributed by atoms with Gasteiger partial charge in [0.15, 0.2) is 0 Å². The summed E-state index contributed by atoms with van der Waals surface area (Å²) in [5.41, 5.74) is 4.09. The number of ether oxygens (including phenoxy) is 1. The molecule has 4 aromatic rings. The molecule has 2 aromatic heterocycles. The van der Waals surface area contributed by atoms with Crippen LogP contribution < -0.4 is 14.8 Å². The van der Waals surface area contributed by atoms with Gasteiger partial charge < -0.3 is 10.1 Å². The van der Waals surface area contributed by atoms with Crippen molar-refractivity contribution in [3.8, 4) is 17.7 Å². The third-order valence-corrected chi connectivity index (χ3v) is 8.08. The molecule has 0 bridgehead atoms. The zero-order chi connectivity index (χ0) is 27.6. The van der Waals surface area contributed by atoms with Gasteiger partial charge in [-0.1, -0.05) is 12.1 Å². The fourth-order valence-electron chi connectivity index (χ4n) is 4.81. The van der Waals surface area contributed by atoms with Gasteiger partial charge in [-0.15, -0.1) is 11.3 Å². The topological polar surface area (TPSA) is 120 Å². The number of nitriles is 1. The van der Waals surface area contributed by atoms with Crippen LogP contribution in [0.5, 0.6) is 11.6 Å². The summed E-state index contributed by atoms with van der Waals surface area (Å²) in [6.07, 6.45) is 3.04. The van der Waals surface area contributed by atoms with E-state index in [4.69, 9.17) is 14.7 Å². The Morgan fingerprint density at radius 1 is 1.10 bits per heavy atom. The van der Waals surface area contributed by atoms with Crippen LogP contribution >= 0.6 is 11.3 Å².